The van der Waals surface area contributed by atoms with E-state index in [2.05, 4.69) is 0 Å². The van der Waals surface area contributed by atoms with E-state index < -0.39 is 6.10 Å². The minimum Gasteiger partial charge on any atom is -0.396 e. The smallest absolute Gasteiger partial charge is 0.0743 e. The van der Waals surface area contributed by atoms with Crippen LogP contribution in [0.2, 0.25) is 0 Å². The first kappa shape index (κ1) is 7.28. The summed E-state index contributed by atoms with van der Waals surface area (Å²) < 4.78 is 1.49. The molecule has 1 aliphatic rings. The monoisotopic (exact) mass is 151 g/mol. The van der Waals surface area contributed by atoms with Gasteiger partial charge in [0.25, 0.3) is 0 Å². The number of hydrogen-bond acceptors (Lipinski definition) is 3. The third-order valence-corrected chi connectivity index (χ3v) is 1.87. The maximum absolute atomic E-state index is 9.07. The first-order valence-electron chi connectivity index (χ1n) is 2.93. The summed E-state index contributed by atoms with van der Waals surface area (Å²) in [4.78, 5) is 0. The van der Waals surface area contributed by atoms with Crippen molar-refractivity contribution in [2.45, 2.75) is 6.10 Å². The van der Waals surface area contributed by atoms with E-state index in [1.54, 1.807) is 0 Å². The Bertz CT molecular complexity index is 101. The molecule has 0 aliphatic carbocycles. The fourth-order valence-corrected chi connectivity index (χ4v) is 1.30. The molecule has 1 heterocycles. The summed E-state index contributed by atoms with van der Waals surface area (Å²) in [6.45, 7) is 1.07. The van der Waals surface area contributed by atoms with E-state index in [4.69, 9.17) is 22.0 Å². The van der Waals surface area contributed by atoms with Gasteiger partial charge in [0.05, 0.1) is 6.10 Å². The second-order valence-electron chi connectivity index (χ2n) is 2.34. The quantitative estimate of drug-likeness (QED) is 0.493. The van der Waals surface area contributed by atoms with E-state index in [1.807, 2.05) is 0 Å². The number of β-amino-alcohol motifs (C(OH)–C–C–N with tert-alkyl or cyclic N) is 1. The first-order valence-corrected chi connectivity index (χ1v) is 3.27. The SMILES string of the molecule is OC[C@H]1CN(Cl)C[C@H]1O. The van der Waals surface area contributed by atoms with Crippen molar-refractivity contribution in [2.75, 3.05) is 19.7 Å². The predicted molar refractivity (Wildman–Crippen MR) is 34.0 cm³/mol. The van der Waals surface area contributed by atoms with E-state index in [9.17, 15) is 0 Å². The molecule has 0 amide bonds. The summed E-state index contributed by atoms with van der Waals surface area (Å²) in [5.74, 6) is -0.0532. The highest BCUT2D eigenvalue weighted by Gasteiger charge is 2.29. The summed E-state index contributed by atoms with van der Waals surface area (Å²) in [5, 5.41) is 17.7. The van der Waals surface area contributed by atoms with Gasteiger partial charge in [0, 0.05) is 25.6 Å². The molecule has 9 heavy (non-hydrogen) atoms. The maximum atomic E-state index is 9.07. The molecule has 0 aromatic rings. The van der Waals surface area contributed by atoms with E-state index in [-0.39, 0.29) is 12.5 Å². The molecule has 4 heteroatoms. The number of aliphatic hydroxyl groups is 2. The summed E-state index contributed by atoms with van der Waals surface area (Å²) in [7, 11) is 0. The molecule has 1 saturated heterocycles. The van der Waals surface area contributed by atoms with Gasteiger partial charge in [0.1, 0.15) is 0 Å². The molecule has 3 nitrogen and oxygen atoms in total. The Morgan fingerprint density at radius 2 is 2.22 bits per heavy atom. The number of nitrogens with zero attached hydrogens (tertiary/aromatic N) is 1. The van der Waals surface area contributed by atoms with Gasteiger partial charge in [0.2, 0.25) is 0 Å². The molecule has 1 fully saturated rings. The van der Waals surface area contributed by atoms with Crippen molar-refractivity contribution in [3.05, 3.63) is 0 Å². The second-order valence-corrected chi connectivity index (χ2v) is 2.82. The zero-order chi connectivity index (χ0) is 6.85. The summed E-state index contributed by atoms with van der Waals surface area (Å²) in [6.07, 6.45) is -0.451. The first-order chi connectivity index (χ1) is 4.24. The average Bonchev–Trinajstić information content (AvgIpc) is 2.10. The van der Waals surface area contributed by atoms with Crippen LogP contribution in [0.5, 0.6) is 0 Å². The zero-order valence-corrected chi connectivity index (χ0v) is 5.75. The van der Waals surface area contributed by atoms with Crippen LogP contribution < -0.4 is 0 Å². The lowest BCUT2D eigenvalue weighted by Crippen LogP contribution is -2.20. The van der Waals surface area contributed by atoms with Crippen molar-refractivity contribution < 1.29 is 10.2 Å². The van der Waals surface area contributed by atoms with Crippen LogP contribution >= 0.6 is 11.8 Å². The molecule has 0 spiro atoms. The van der Waals surface area contributed by atoms with Crippen LogP contribution in [0.1, 0.15) is 0 Å². The van der Waals surface area contributed by atoms with Gasteiger partial charge in [-0.15, -0.1) is 0 Å². The lowest BCUT2D eigenvalue weighted by Gasteiger charge is -2.06. The Labute approximate surface area is 59.0 Å². The van der Waals surface area contributed by atoms with Gasteiger partial charge in [-0.3, -0.25) is 0 Å². The molecule has 0 unspecified atom stereocenters. The number of halogens is 1. The Balaban J connectivity index is 2.38. The Morgan fingerprint density at radius 3 is 2.44 bits per heavy atom. The molecule has 2 N–H and O–H groups in total. The molecule has 0 aromatic heterocycles. The van der Waals surface area contributed by atoms with Gasteiger partial charge < -0.3 is 10.2 Å². The zero-order valence-electron chi connectivity index (χ0n) is 5.00. The van der Waals surface area contributed by atoms with Crippen LogP contribution in [0.25, 0.3) is 0 Å². The van der Waals surface area contributed by atoms with Crippen LogP contribution in [-0.2, 0) is 0 Å². The third kappa shape index (κ3) is 1.55. The fourth-order valence-electron chi connectivity index (χ4n) is 0.982. The molecular formula is C5H10ClNO2. The third-order valence-electron chi connectivity index (χ3n) is 1.60. The molecule has 1 rings (SSSR count). The number of rotatable bonds is 1. The van der Waals surface area contributed by atoms with Gasteiger partial charge >= 0.3 is 0 Å². The van der Waals surface area contributed by atoms with E-state index in [0.29, 0.717) is 13.1 Å². The largest absolute Gasteiger partial charge is 0.396 e. The minimum absolute atomic E-state index is 0.0182. The highest BCUT2D eigenvalue weighted by atomic mass is 35.5. The van der Waals surface area contributed by atoms with Crippen LogP contribution in [0, 0.1) is 5.92 Å². The Kier molecular flexibility index (Phi) is 2.29. The number of hydrogen-bond donors (Lipinski definition) is 2. The van der Waals surface area contributed by atoms with E-state index >= 15 is 0 Å². The highest BCUT2D eigenvalue weighted by molar-refractivity contribution is 6.13. The average molecular weight is 152 g/mol. The van der Waals surface area contributed by atoms with Crippen molar-refractivity contribution in [2.24, 2.45) is 5.92 Å². The van der Waals surface area contributed by atoms with Crippen LogP contribution in [0.15, 0.2) is 0 Å². The predicted octanol–water partition coefficient (Wildman–Crippen LogP) is -0.575. The van der Waals surface area contributed by atoms with Gasteiger partial charge in [0.15, 0.2) is 0 Å². The van der Waals surface area contributed by atoms with Crippen molar-refractivity contribution in [3.8, 4) is 0 Å². The molecular weight excluding hydrogens is 142 g/mol. The minimum atomic E-state index is -0.451. The lowest BCUT2D eigenvalue weighted by atomic mass is 10.1. The molecule has 2 atom stereocenters. The van der Waals surface area contributed by atoms with Crippen molar-refractivity contribution in [1.82, 2.24) is 4.42 Å². The molecule has 0 aromatic carbocycles. The van der Waals surface area contributed by atoms with Gasteiger partial charge in [-0.25, -0.2) is 4.42 Å². The molecule has 54 valence electrons. The van der Waals surface area contributed by atoms with Crippen LogP contribution in [0.3, 0.4) is 0 Å². The van der Waals surface area contributed by atoms with Gasteiger partial charge in [-0.2, -0.15) is 0 Å². The molecule has 0 bridgehead atoms. The highest BCUT2D eigenvalue weighted by Crippen LogP contribution is 2.17. The Hall–Kier alpha value is 0.170. The number of aliphatic hydroxyl groups excluding tert-OH is 2. The van der Waals surface area contributed by atoms with Crippen molar-refractivity contribution >= 4 is 11.8 Å². The summed E-state index contributed by atoms with van der Waals surface area (Å²) in [5.41, 5.74) is 0. The van der Waals surface area contributed by atoms with E-state index in [0.717, 1.165) is 0 Å². The van der Waals surface area contributed by atoms with Crippen molar-refractivity contribution in [3.63, 3.8) is 0 Å². The van der Waals surface area contributed by atoms with Gasteiger partial charge in [-0.05, 0) is 11.8 Å². The molecule has 0 saturated carbocycles. The molecule has 0 radical (unpaired) electrons. The van der Waals surface area contributed by atoms with Crippen LogP contribution in [-0.4, -0.2) is 40.4 Å². The maximum Gasteiger partial charge on any atom is 0.0743 e. The Morgan fingerprint density at radius 1 is 1.56 bits per heavy atom. The standard InChI is InChI=1S/C5H10ClNO2/c6-7-1-4(3-8)5(9)2-7/h4-5,8-9H,1-3H2/t4-,5-/m1/s1. The van der Waals surface area contributed by atoms with Gasteiger partial charge in [-0.1, -0.05) is 0 Å². The topological polar surface area (TPSA) is 43.7 Å². The second kappa shape index (κ2) is 2.84. The summed E-state index contributed by atoms with van der Waals surface area (Å²) >= 11 is 5.54. The van der Waals surface area contributed by atoms with Crippen LogP contribution in [0.4, 0.5) is 0 Å². The lowest BCUT2D eigenvalue weighted by molar-refractivity contribution is 0.104. The fraction of sp³-hybridized carbons (Fsp3) is 1.00. The normalized spacial score (nSPS) is 37.7. The van der Waals surface area contributed by atoms with E-state index in [1.165, 1.54) is 4.42 Å². The molecule has 1 aliphatic heterocycles. The van der Waals surface area contributed by atoms with Crippen molar-refractivity contribution in [1.29, 1.82) is 0 Å². The summed E-state index contributed by atoms with van der Waals surface area (Å²) in [6, 6.07) is 0.